The lowest BCUT2D eigenvalue weighted by Gasteiger charge is -2.25. The smallest absolute Gasteiger partial charge is 0.189 e. The number of aromatic nitrogens is 3. The van der Waals surface area contributed by atoms with Crippen molar-refractivity contribution >= 4 is 49.8 Å². The topological polar surface area (TPSA) is 43.1 Å². The van der Waals surface area contributed by atoms with Gasteiger partial charge in [0, 0.05) is 69.3 Å². The number of pyridine rings is 2. The second-order valence-electron chi connectivity index (χ2n) is 12.1. The van der Waals surface area contributed by atoms with E-state index in [0.29, 0.717) is 5.39 Å². The van der Waals surface area contributed by atoms with Crippen LogP contribution in [0, 0.1) is 0 Å². The van der Waals surface area contributed by atoms with E-state index in [9.17, 15) is 4.79 Å². The normalized spacial score (nSPS) is 11.3. The van der Waals surface area contributed by atoms with Crippen LogP contribution >= 0.6 is 0 Å². The molecule has 0 fully saturated rings. The highest BCUT2D eigenvalue weighted by Crippen LogP contribution is 2.39. The molecule has 9 aromatic rings. The average molecular weight is 631 g/mol. The van der Waals surface area contributed by atoms with Crippen LogP contribution in [0.15, 0.2) is 187 Å². The first-order chi connectivity index (χ1) is 24.2. The summed E-state index contributed by atoms with van der Waals surface area (Å²) in [7, 11) is 0. The molecule has 6 aromatic carbocycles. The first-order valence-electron chi connectivity index (χ1n) is 16.3. The highest BCUT2D eigenvalue weighted by Gasteiger charge is 2.17. The number of anilines is 3. The fourth-order valence-electron chi connectivity index (χ4n) is 6.92. The Labute approximate surface area is 283 Å². The summed E-state index contributed by atoms with van der Waals surface area (Å²) in [5.41, 5.74) is 10.8. The Bertz CT molecular complexity index is 2620. The van der Waals surface area contributed by atoms with Crippen molar-refractivity contribution in [3.05, 3.63) is 193 Å². The second kappa shape index (κ2) is 11.8. The molecule has 0 bridgehead atoms. The third kappa shape index (κ3) is 4.96. The second-order valence-corrected chi connectivity index (χ2v) is 12.1. The molecule has 3 aromatic heterocycles. The molecule has 0 saturated carbocycles. The summed E-state index contributed by atoms with van der Waals surface area (Å²) >= 11 is 0. The minimum atomic E-state index is 0.0323. The van der Waals surface area contributed by atoms with E-state index in [4.69, 9.17) is 0 Å². The van der Waals surface area contributed by atoms with Crippen LogP contribution in [0.1, 0.15) is 0 Å². The van der Waals surface area contributed by atoms with Gasteiger partial charge in [-0.25, -0.2) is 0 Å². The molecule has 3 heterocycles. The Kier molecular flexibility index (Phi) is 6.87. The van der Waals surface area contributed by atoms with Gasteiger partial charge in [0.1, 0.15) is 0 Å². The molecule has 0 radical (unpaired) electrons. The maximum Gasteiger partial charge on any atom is 0.189 e. The quantitative estimate of drug-likeness (QED) is 0.184. The van der Waals surface area contributed by atoms with Crippen molar-refractivity contribution in [3.63, 3.8) is 0 Å². The van der Waals surface area contributed by atoms with Crippen LogP contribution in [-0.4, -0.2) is 14.1 Å². The number of hydrogen-bond acceptors (Lipinski definition) is 3. The van der Waals surface area contributed by atoms with Gasteiger partial charge < -0.3 is 14.0 Å². The van der Waals surface area contributed by atoms with Gasteiger partial charge in [-0.3, -0.25) is 9.78 Å². The number of fused-ring (bicyclic) bond motifs is 4. The number of hydrogen-bond donors (Lipinski definition) is 0. The van der Waals surface area contributed by atoms with Gasteiger partial charge in [0.05, 0.1) is 16.6 Å². The molecule has 0 amide bonds. The van der Waals surface area contributed by atoms with Crippen LogP contribution in [0.25, 0.3) is 55.2 Å². The van der Waals surface area contributed by atoms with E-state index in [1.807, 2.05) is 55.0 Å². The van der Waals surface area contributed by atoms with Crippen molar-refractivity contribution in [1.29, 1.82) is 0 Å². The molecule has 0 aliphatic rings. The van der Waals surface area contributed by atoms with Gasteiger partial charge in [-0.05, 0) is 96.1 Å². The Morgan fingerprint density at radius 3 is 1.78 bits per heavy atom. The van der Waals surface area contributed by atoms with Gasteiger partial charge in [-0.15, -0.1) is 0 Å². The van der Waals surface area contributed by atoms with Crippen LogP contribution in [0.5, 0.6) is 0 Å². The van der Waals surface area contributed by atoms with Crippen LogP contribution in [-0.2, 0) is 0 Å². The maximum atomic E-state index is 12.4. The van der Waals surface area contributed by atoms with Crippen molar-refractivity contribution in [1.82, 2.24) is 14.1 Å². The summed E-state index contributed by atoms with van der Waals surface area (Å²) in [6, 6.07) is 56.3. The zero-order valence-corrected chi connectivity index (χ0v) is 26.5. The Balaban J connectivity index is 1.09. The van der Waals surface area contributed by atoms with Crippen LogP contribution in [0.4, 0.5) is 17.1 Å². The first-order valence-corrected chi connectivity index (χ1v) is 16.3. The molecule has 5 heteroatoms. The van der Waals surface area contributed by atoms with E-state index < -0.39 is 0 Å². The van der Waals surface area contributed by atoms with E-state index in [-0.39, 0.29) is 5.43 Å². The van der Waals surface area contributed by atoms with Gasteiger partial charge >= 0.3 is 0 Å². The van der Waals surface area contributed by atoms with E-state index in [1.54, 1.807) is 6.07 Å². The molecule has 49 heavy (non-hydrogen) atoms. The number of nitrogens with zero attached hydrogens (tertiary/aromatic N) is 4. The van der Waals surface area contributed by atoms with Gasteiger partial charge in [0.15, 0.2) is 5.43 Å². The van der Waals surface area contributed by atoms with E-state index in [0.717, 1.165) is 66.9 Å². The lowest BCUT2D eigenvalue weighted by atomic mass is 10.0. The zero-order chi connectivity index (χ0) is 32.7. The van der Waals surface area contributed by atoms with Crippen LogP contribution in [0.2, 0.25) is 0 Å². The van der Waals surface area contributed by atoms with Gasteiger partial charge in [0.2, 0.25) is 0 Å². The first kappa shape index (κ1) is 28.5. The number of para-hydroxylation sites is 3. The Morgan fingerprint density at radius 1 is 0.469 bits per heavy atom. The SMILES string of the molecule is O=c1ccn(-c2ccc(-c3ccc(-n4c5ccncc5c5cc(N(c6ccccc6)c6ccccc6)ccc54)cc3)cc2)c2ccccc12. The lowest BCUT2D eigenvalue weighted by molar-refractivity contribution is 1.10. The Hall–Kier alpha value is -6.72. The number of benzene rings is 6. The minimum absolute atomic E-state index is 0.0323. The van der Waals surface area contributed by atoms with Gasteiger partial charge in [-0.1, -0.05) is 72.8 Å². The summed E-state index contributed by atoms with van der Waals surface area (Å²) in [5, 5.41) is 2.97. The summed E-state index contributed by atoms with van der Waals surface area (Å²) in [6.45, 7) is 0. The zero-order valence-electron chi connectivity index (χ0n) is 26.5. The highest BCUT2D eigenvalue weighted by atomic mass is 16.1. The summed E-state index contributed by atoms with van der Waals surface area (Å²) < 4.78 is 4.38. The average Bonchev–Trinajstić information content (AvgIpc) is 3.50. The predicted molar refractivity (Wildman–Crippen MR) is 202 cm³/mol. The lowest BCUT2D eigenvalue weighted by Crippen LogP contribution is -2.09. The standard InChI is InChI=1S/C44H30N4O/c49-44-26-28-46(41-14-8-7-13-38(41)44)33-19-15-31(16-20-33)32-17-21-36(22-18-32)48-42-24-23-37(29-39(42)40-30-45-27-25-43(40)48)47(34-9-3-1-4-10-34)35-11-5-2-6-12-35/h1-30H. The largest absolute Gasteiger partial charge is 0.316 e. The minimum Gasteiger partial charge on any atom is -0.316 e. The highest BCUT2D eigenvalue weighted by molar-refractivity contribution is 6.10. The number of rotatable bonds is 6. The molecule has 0 atom stereocenters. The summed E-state index contributed by atoms with van der Waals surface area (Å²) in [4.78, 5) is 19.2. The molecule has 0 aliphatic heterocycles. The molecule has 0 aliphatic carbocycles. The fourth-order valence-corrected chi connectivity index (χ4v) is 6.92. The van der Waals surface area contributed by atoms with Crippen molar-refractivity contribution < 1.29 is 0 Å². The third-order valence-electron chi connectivity index (χ3n) is 9.25. The fraction of sp³-hybridized carbons (Fsp3) is 0. The molecular weight excluding hydrogens is 601 g/mol. The van der Waals surface area contributed by atoms with Crippen molar-refractivity contribution in [2.24, 2.45) is 0 Å². The molecule has 0 N–H and O–H groups in total. The van der Waals surface area contributed by atoms with E-state index in [2.05, 4.69) is 140 Å². The summed E-state index contributed by atoms with van der Waals surface area (Å²) in [5.74, 6) is 0. The monoisotopic (exact) mass is 630 g/mol. The van der Waals surface area contributed by atoms with E-state index in [1.165, 1.54) is 0 Å². The molecule has 0 spiro atoms. The Morgan fingerprint density at radius 2 is 1.08 bits per heavy atom. The predicted octanol–water partition coefficient (Wildman–Crippen LogP) is 10.6. The van der Waals surface area contributed by atoms with Crippen molar-refractivity contribution in [3.8, 4) is 22.5 Å². The molecule has 5 nitrogen and oxygen atoms in total. The summed E-state index contributed by atoms with van der Waals surface area (Å²) in [6.07, 6.45) is 5.68. The van der Waals surface area contributed by atoms with Gasteiger partial charge in [-0.2, -0.15) is 0 Å². The van der Waals surface area contributed by atoms with Gasteiger partial charge in [0.25, 0.3) is 0 Å². The van der Waals surface area contributed by atoms with Crippen LogP contribution in [0.3, 0.4) is 0 Å². The third-order valence-corrected chi connectivity index (χ3v) is 9.25. The molecular formula is C44H30N4O. The van der Waals surface area contributed by atoms with E-state index >= 15 is 0 Å². The van der Waals surface area contributed by atoms with Crippen LogP contribution < -0.4 is 10.3 Å². The molecule has 232 valence electrons. The maximum absolute atomic E-state index is 12.4. The molecule has 9 rings (SSSR count). The van der Waals surface area contributed by atoms with Crippen molar-refractivity contribution in [2.45, 2.75) is 0 Å². The molecule has 0 saturated heterocycles. The molecule has 0 unspecified atom stereocenters. The van der Waals surface area contributed by atoms with Crippen molar-refractivity contribution in [2.75, 3.05) is 4.90 Å².